The number of rotatable bonds is 7. The van der Waals surface area contributed by atoms with E-state index in [4.69, 9.17) is 4.74 Å². The van der Waals surface area contributed by atoms with E-state index in [2.05, 4.69) is 25.2 Å². The van der Waals surface area contributed by atoms with Crippen LogP contribution in [0.3, 0.4) is 0 Å². The quantitative estimate of drug-likeness (QED) is 0.730. The third-order valence-electron chi connectivity index (χ3n) is 3.46. The highest BCUT2D eigenvalue weighted by Gasteiger charge is 2.24. The monoisotopic (exact) mass is 251 g/mol. The second-order valence-electron chi connectivity index (χ2n) is 5.01. The van der Waals surface area contributed by atoms with Gasteiger partial charge in [0.05, 0.1) is 12.2 Å². The Labute approximate surface area is 110 Å². The van der Waals surface area contributed by atoms with E-state index < -0.39 is 5.60 Å². The van der Waals surface area contributed by atoms with Gasteiger partial charge in [-0.3, -0.25) is 0 Å². The summed E-state index contributed by atoms with van der Waals surface area (Å²) < 4.78 is 4.97. The minimum absolute atomic E-state index is 0.695. The van der Waals surface area contributed by atoms with Gasteiger partial charge in [-0.15, -0.1) is 0 Å². The summed E-state index contributed by atoms with van der Waals surface area (Å²) in [5, 5.41) is 13.8. The number of methoxy groups -OCH3 is 1. The highest BCUT2D eigenvalue weighted by Crippen LogP contribution is 2.28. The largest absolute Gasteiger partial charge is 0.385 e. The van der Waals surface area contributed by atoms with Gasteiger partial charge in [-0.25, -0.2) is 0 Å². The third-order valence-corrected chi connectivity index (χ3v) is 3.46. The van der Waals surface area contributed by atoms with Crippen LogP contribution < -0.4 is 5.32 Å². The van der Waals surface area contributed by atoms with E-state index in [0.29, 0.717) is 13.0 Å². The van der Waals surface area contributed by atoms with Crippen LogP contribution >= 0.6 is 0 Å². The Kier molecular flexibility index (Phi) is 5.79. The van der Waals surface area contributed by atoms with Crippen molar-refractivity contribution in [2.45, 2.75) is 32.8 Å². The molecular formula is C15H25NO2. The van der Waals surface area contributed by atoms with E-state index in [1.807, 2.05) is 19.1 Å². The van der Waals surface area contributed by atoms with E-state index >= 15 is 0 Å². The molecule has 0 aliphatic rings. The van der Waals surface area contributed by atoms with Crippen LogP contribution in [-0.2, 0) is 10.3 Å². The molecular weight excluding hydrogens is 226 g/mol. The van der Waals surface area contributed by atoms with Crippen LogP contribution in [0.1, 0.15) is 30.0 Å². The second-order valence-corrected chi connectivity index (χ2v) is 5.01. The van der Waals surface area contributed by atoms with Crippen LogP contribution in [-0.4, -0.2) is 31.9 Å². The lowest BCUT2D eigenvalue weighted by atomic mass is 9.87. The zero-order valence-corrected chi connectivity index (χ0v) is 11.9. The van der Waals surface area contributed by atoms with Crippen LogP contribution in [0.2, 0.25) is 0 Å². The maximum absolute atomic E-state index is 10.6. The lowest BCUT2D eigenvalue weighted by Crippen LogP contribution is -2.30. The predicted octanol–water partition coefficient (Wildman–Crippen LogP) is 2.14. The van der Waals surface area contributed by atoms with Crippen molar-refractivity contribution in [1.82, 2.24) is 5.32 Å². The molecule has 0 aromatic heterocycles. The number of hydrogen-bond donors (Lipinski definition) is 2. The molecule has 1 aromatic rings. The summed E-state index contributed by atoms with van der Waals surface area (Å²) in [6.07, 6.45) is 0.695. The fraction of sp³-hybridized carbons (Fsp3) is 0.600. The van der Waals surface area contributed by atoms with Gasteiger partial charge < -0.3 is 15.2 Å². The van der Waals surface area contributed by atoms with Gasteiger partial charge in [-0.1, -0.05) is 18.2 Å². The van der Waals surface area contributed by atoms with Gasteiger partial charge in [0.1, 0.15) is 0 Å². The molecule has 0 amide bonds. The van der Waals surface area contributed by atoms with Crippen LogP contribution in [0.5, 0.6) is 0 Å². The molecule has 0 saturated heterocycles. The van der Waals surface area contributed by atoms with E-state index in [-0.39, 0.29) is 0 Å². The first kappa shape index (κ1) is 15.2. The smallest absolute Gasteiger partial charge is 0.0883 e. The second kappa shape index (κ2) is 6.88. The number of aliphatic hydroxyl groups is 1. The molecule has 0 aliphatic carbocycles. The normalized spacial score (nSPS) is 14.5. The summed E-state index contributed by atoms with van der Waals surface area (Å²) in [6.45, 7) is 8.32. The zero-order chi connectivity index (χ0) is 13.6. The van der Waals surface area contributed by atoms with Crippen molar-refractivity contribution < 1.29 is 9.84 Å². The average molecular weight is 251 g/mol. The first-order valence-corrected chi connectivity index (χ1v) is 6.48. The molecule has 0 bridgehead atoms. The van der Waals surface area contributed by atoms with Gasteiger partial charge in [0.2, 0.25) is 0 Å². The SMILES string of the molecule is COCCNCCC(C)(O)c1cccc(C)c1C. The van der Waals surface area contributed by atoms with Crippen molar-refractivity contribution in [3.8, 4) is 0 Å². The van der Waals surface area contributed by atoms with Crippen LogP contribution in [0, 0.1) is 13.8 Å². The standard InChI is InChI=1S/C15H25NO2/c1-12-6-5-7-14(13(12)2)15(3,17)8-9-16-10-11-18-4/h5-7,16-17H,8-11H2,1-4H3. The first-order valence-electron chi connectivity index (χ1n) is 6.48. The number of nitrogens with one attached hydrogen (secondary N) is 1. The van der Waals surface area contributed by atoms with Crippen molar-refractivity contribution in [2.75, 3.05) is 26.8 Å². The van der Waals surface area contributed by atoms with Crippen molar-refractivity contribution in [3.05, 3.63) is 34.9 Å². The number of benzene rings is 1. The minimum atomic E-state index is -0.782. The van der Waals surface area contributed by atoms with E-state index in [0.717, 1.165) is 18.7 Å². The van der Waals surface area contributed by atoms with Gasteiger partial charge in [-0.2, -0.15) is 0 Å². The van der Waals surface area contributed by atoms with Crippen molar-refractivity contribution in [1.29, 1.82) is 0 Å². The maximum Gasteiger partial charge on any atom is 0.0883 e. The number of aryl methyl sites for hydroxylation is 1. The van der Waals surface area contributed by atoms with Crippen LogP contribution in [0.25, 0.3) is 0 Å². The van der Waals surface area contributed by atoms with Gasteiger partial charge in [0, 0.05) is 13.7 Å². The molecule has 0 saturated carbocycles. The molecule has 3 nitrogen and oxygen atoms in total. The molecule has 1 unspecified atom stereocenters. The molecule has 0 radical (unpaired) electrons. The average Bonchev–Trinajstić information content (AvgIpc) is 2.32. The number of hydrogen-bond acceptors (Lipinski definition) is 3. The summed E-state index contributed by atoms with van der Waals surface area (Å²) in [4.78, 5) is 0. The molecule has 0 spiro atoms. The van der Waals surface area contributed by atoms with Crippen molar-refractivity contribution in [2.24, 2.45) is 0 Å². The Bertz CT molecular complexity index is 375. The highest BCUT2D eigenvalue weighted by atomic mass is 16.5. The molecule has 0 aliphatic heterocycles. The highest BCUT2D eigenvalue weighted by molar-refractivity contribution is 5.36. The van der Waals surface area contributed by atoms with Gasteiger partial charge in [0.25, 0.3) is 0 Å². The molecule has 0 heterocycles. The molecule has 2 N–H and O–H groups in total. The predicted molar refractivity (Wildman–Crippen MR) is 74.8 cm³/mol. The summed E-state index contributed by atoms with van der Waals surface area (Å²) in [5.41, 5.74) is 2.64. The Balaban J connectivity index is 2.59. The van der Waals surface area contributed by atoms with Crippen molar-refractivity contribution in [3.63, 3.8) is 0 Å². The summed E-state index contributed by atoms with van der Waals surface area (Å²) in [6, 6.07) is 6.09. The van der Waals surface area contributed by atoms with E-state index in [1.165, 1.54) is 11.1 Å². The van der Waals surface area contributed by atoms with Crippen LogP contribution in [0.15, 0.2) is 18.2 Å². The van der Waals surface area contributed by atoms with Crippen molar-refractivity contribution >= 4 is 0 Å². The van der Waals surface area contributed by atoms with Gasteiger partial charge >= 0.3 is 0 Å². The molecule has 1 atom stereocenters. The van der Waals surface area contributed by atoms with Gasteiger partial charge in [-0.05, 0) is 50.4 Å². The lowest BCUT2D eigenvalue weighted by molar-refractivity contribution is 0.0468. The molecule has 3 heteroatoms. The molecule has 18 heavy (non-hydrogen) atoms. The lowest BCUT2D eigenvalue weighted by Gasteiger charge is -2.26. The van der Waals surface area contributed by atoms with Crippen LogP contribution in [0.4, 0.5) is 0 Å². The Hall–Kier alpha value is -0.900. The maximum atomic E-state index is 10.6. The fourth-order valence-corrected chi connectivity index (χ4v) is 2.10. The fourth-order valence-electron chi connectivity index (χ4n) is 2.10. The van der Waals surface area contributed by atoms with E-state index in [1.54, 1.807) is 7.11 Å². The molecule has 0 fully saturated rings. The minimum Gasteiger partial charge on any atom is -0.385 e. The Morgan fingerprint density at radius 2 is 2.00 bits per heavy atom. The third kappa shape index (κ3) is 4.09. The summed E-state index contributed by atoms with van der Waals surface area (Å²) >= 11 is 0. The molecule has 1 aromatic carbocycles. The Morgan fingerprint density at radius 1 is 1.28 bits per heavy atom. The topological polar surface area (TPSA) is 41.5 Å². The zero-order valence-electron chi connectivity index (χ0n) is 11.9. The Morgan fingerprint density at radius 3 is 2.67 bits per heavy atom. The summed E-state index contributed by atoms with van der Waals surface area (Å²) in [5.74, 6) is 0. The summed E-state index contributed by atoms with van der Waals surface area (Å²) in [7, 11) is 1.69. The van der Waals surface area contributed by atoms with Gasteiger partial charge in [0.15, 0.2) is 0 Å². The molecule has 102 valence electrons. The first-order chi connectivity index (χ1) is 8.49. The van der Waals surface area contributed by atoms with E-state index in [9.17, 15) is 5.11 Å². The number of ether oxygens (including phenoxy) is 1. The molecule has 1 rings (SSSR count).